The van der Waals surface area contributed by atoms with Gasteiger partial charge in [0, 0.05) is 58.2 Å². The predicted molar refractivity (Wildman–Crippen MR) is 437 cm³/mol. The van der Waals surface area contributed by atoms with Gasteiger partial charge in [0.1, 0.15) is 23.0 Å². The molecule has 2 aromatic carbocycles. The van der Waals surface area contributed by atoms with Crippen molar-refractivity contribution < 1.29 is 38.4 Å². The number of unbranched alkanes of at least 4 members (excludes halogenated alkanes) is 36. The molecule has 0 amide bonds. The first-order valence-electron chi connectivity index (χ1n) is 41.2. The molecule has 7 heterocycles. The molecule has 5 aromatic heterocycles. The van der Waals surface area contributed by atoms with E-state index in [1.165, 1.54) is 205 Å². The van der Waals surface area contributed by atoms with E-state index >= 15 is 0 Å². The van der Waals surface area contributed by atoms with Crippen LogP contribution < -0.4 is 28.9 Å². The first-order valence-corrected chi connectivity index (χ1v) is 41.2. The van der Waals surface area contributed by atoms with Crippen molar-refractivity contribution >= 4 is 46.4 Å². The molecule has 0 saturated carbocycles. The Morgan fingerprint density at radius 1 is 0.267 bits per heavy atom. The topological polar surface area (TPSA) is 117 Å². The predicted octanol–water partition coefficient (Wildman–Crippen LogP) is 26.0. The number of pyridine rings is 2. The summed E-state index contributed by atoms with van der Waals surface area (Å²) in [7, 11) is 0. The Labute approximate surface area is 645 Å². The Kier molecular flexibility index (Phi) is 39.5. The number of hydrogen-bond acceptors (Lipinski definition) is 8. The smallest absolute Gasteiger partial charge is 0.656 e. The average molecular weight is 1470 g/mol. The molecule has 0 unspecified atom stereocenters. The van der Waals surface area contributed by atoms with Gasteiger partial charge < -0.3 is 28.9 Å². The van der Waals surface area contributed by atoms with Crippen LogP contribution in [0.15, 0.2) is 110 Å². The van der Waals surface area contributed by atoms with Crippen molar-refractivity contribution in [3.63, 3.8) is 0 Å². The molecule has 0 aliphatic carbocycles. The van der Waals surface area contributed by atoms with Gasteiger partial charge in [0.15, 0.2) is 0 Å². The summed E-state index contributed by atoms with van der Waals surface area (Å²) in [6, 6.07) is 28.6. The second-order valence-corrected chi connectivity index (χ2v) is 28.7. The summed E-state index contributed by atoms with van der Waals surface area (Å²) in [5.74, 6) is 17.1. The molecule has 9 rings (SSSR count). The minimum Gasteiger partial charge on any atom is -0.656 e. The van der Waals surface area contributed by atoms with Gasteiger partial charge in [-0.25, -0.2) is 9.97 Å². The minimum atomic E-state index is 0. The summed E-state index contributed by atoms with van der Waals surface area (Å²) in [6.45, 7) is 11.4. The number of aromatic nitrogens is 6. The molecule has 554 valence electrons. The molecule has 0 radical (unpaired) electrons. The molecule has 2 aliphatic rings. The molecule has 11 heteroatoms. The Balaban J connectivity index is 0.0000139. The van der Waals surface area contributed by atoms with E-state index in [1.54, 1.807) is 24.8 Å². The molecule has 7 aromatic rings. The quantitative estimate of drug-likeness (QED) is 0.0207. The number of ether oxygens (including phenoxy) is 4. The summed E-state index contributed by atoms with van der Waals surface area (Å²) in [5.41, 5.74) is 11.7. The van der Waals surface area contributed by atoms with E-state index in [9.17, 15) is 0 Å². The maximum Gasteiger partial charge on any atom is 2.00 e. The van der Waals surface area contributed by atoms with Crippen LogP contribution in [0.1, 0.15) is 330 Å². The zero-order valence-electron chi connectivity index (χ0n) is 64.8. The van der Waals surface area contributed by atoms with Gasteiger partial charge in [0.05, 0.1) is 60.3 Å². The molecule has 10 nitrogen and oxygen atoms in total. The minimum absolute atomic E-state index is 0. The van der Waals surface area contributed by atoms with Crippen molar-refractivity contribution in [1.82, 2.24) is 29.9 Å². The molecule has 105 heavy (non-hydrogen) atoms. The SMILES string of the molecule is CCCCCCCCCCCCOc1cccc(OCCCCCCCCCCCC)c1-c1c2nc(c(C#Cc3ccncc3)c3ccc([n-]3)c(-c3c(OCCCCCCCCCCCC)cccc3OCCCCCCCCCCCC)c3nc(c(C#Cc4ccncc4)c4ccc1[n-]4)C=C3)C=C2.[Zn+2]. The molecule has 0 spiro atoms. The van der Waals surface area contributed by atoms with Crippen LogP contribution in [0.3, 0.4) is 0 Å². The molecular weight excluding hydrogens is 1340 g/mol. The Morgan fingerprint density at radius 2 is 0.514 bits per heavy atom. The number of rotatable bonds is 50. The van der Waals surface area contributed by atoms with Gasteiger partial charge in [-0.15, -0.1) is 22.1 Å². The molecule has 0 N–H and O–H groups in total. The zero-order chi connectivity index (χ0) is 72.1. The zero-order valence-corrected chi connectivity index (χ0v) is 67.8. The molecule has 0 atom stereocenters. The number of fused-ring (bicyclic) bond motifs is 8. The summed E-state index contributed by atoms with van der Waals surface area (Å²) >= 11 is 0. The molecule has 0 saturated heterocycles. The van der Waals surface area contributed by atoms with Crippen LogP contribution in [0.4, 0.5) is 0 Å². The van der Waals surface area contributed by atoms with E-state index in [4.69, 9.17) is 38.9 Å². The van der Waals surface area contributed by atoms with Gasteiger partial charge in [0.25, 0.3) is 0 Å². The van der Waals surface area contributed by atoms with E-state index in [-0.39, 0.29) is 19.5 Å². The van der Waals surface area contributed by atoms with Gasteiger partial charge in [-0.3, -0.25) is 9.97 Å². The van der Waals surface area contributed by atoms with Crippen LogP contribution in [0, 0.1) is 23.7 Å². The largest absolute Gasteiger partial charge is 2.00 e. The third-order valence-corrected chi connectivity index (χ3v) is 20.1. The van der Waals surface area contributed by atoms with Crippen LogP contribution in [-0.2, 0) is 19.5 Å². The second-order valence-electron chi connectivity index (χ2n) is 28.7. The monoisotopic (exact) mass is 1460 g/mol. The molecule has 8 bridgehead atoms. The van der Waals surface area contributed by atoms with Crippen molar-refractivity contribution in [2.24, 2.45) is 0 Å². The standard InChI is InChI=1S/C94H122N6O4.Zn/c1-5-9-13-17-21-25-29-33-37-41-71-101-87-47-45-48-88(102-72-42-38-34-30-26-22-18-14-10-6-2)93(87)91-83-59-55-79(97-83)77(53-51-75-63-67-95-68-64-75)81-57-61-85(99-81)92(86-62-58-82(100-86)78(80-56-60-84(91)98-80)54-52-76-65-69-96-70-66-76)94-89(103-73-43-39-35-31-27-23-19-15-11-7-3)49-46-50-90(94)104-74-44-40-36-32-28-24-20-16-12-8-4;/h45-50,55-70H,5-44,71-74H2,1-4H3;/q-2;+2. The van der Waals surface area contributed by atoms with Crippen LogP contribution in [0.25, 0.3) is 68.6 Å². The first-order chi connectivity index (χ1) is 51.6. The van der Waals surface area contributed by atoms with Gasteiger partial charge in [0.2, 0.25) is 0 Å². The normalized spacial score (nSPS) is 11.5. The van der Waals surface area contributed by atoms with E-state index in [2.05, 4.69) is 146 Å². The van der Waals surface area contributed by atoms with Crippen molar-refractivity contribution in [2.45, 2.75) is 285 Å². The van der Waals surface area contributed by atoms with Crippen molar-refractivity contribution in [3.8, 4) is 68.9 Å². The van der Waals surface area contributed by atoms with Crippen LogP contribution in [0.2, 0.25) is 0 Å². The number of benzene rings is 2. The second kappa shape index (κ2) is 50.0. The van der Waals surface area contributed by atoms with Crippen molar-refractivity contribution in [1.29, 1.82) is 0 Å². The fourth-order valence-corrected chi connectivity index (χ4v) is 14.1. The maximum atomic E-state index is 7.02. The van der Waals surface area contributed by atoms with Crippen molar-refractivity contribution in [3.05, 3.63) is 155 Å². The van der Waals surface area contributed by atoms with E-state index < -0.39 is 0 Å². The van der Waals surface area contributed by atoms with Crippen LogP contribution in [-0.4, -0.2) is 46.4 Å². The van der Waals surface area contributed by atoms with Crippen LogP contribution in [0.5, 0.6) is 23.0 Å². The third-order valence-electron chi connectivity index (χ3n) is 20.1. The van der Waals surface area contributed by atoms with Gasteiger partial charge in [-0.1, -0.05) is 319 Å². The van der Waals surface area contributed by atoms with Crippen LogP contribution >= 0.6 is 0 Å². The van der Waals surface area contributed by atoms with Gasteiger partial charge in [-0.05, 0) is 98.5 Å². The van der Waals surface area contributed by atoms with E-state index in [0.29, 0.717) is 82.4 Å². The molecular formula is C94H122N6O4Zn. The van der Waals surface area contributed by atoms with Gasteiger partial charge in [-0.2, -0.15) is 0 Å². The summed E-state index contributed by atoms with van der Waals surface area (Å²) < 4.78 is 28.1. The molecule has 0 fully saturated rings. The van der Waals surface area contributed by atoms with Gasteiger partial charge >= 0.3 is 19.5 Å². The fraction of sp³-hybridized carbons (Fsp3) is 0.511. The maximum absolute atomic E-state index is 7.02. The average Bonchev–Trinajstić information content (AvgIpc) is 1.72. The Hall–Kier alpha value is -7.72. The number of nitrogens with zero attached hydrogens (tertiary/aromatic N) is 6. The first kappa shape index (κ1) is 82.9. The Bertz CT molecular complexity index is 3650. The van der Waals surface area contributed by atoms with Crippen molar-refractivity contribution in [2.75, 3.05) is 26.4 Å². The summed E-state index contributed by atoms with van der Waals surface area (Å²) in [5, 5.41) is 0. The Morgan fingerprint density at radius 3 is 0.790 bits per heavy atom. The number of hydrogen-bond donors (Lipinski definition) is 0. The molecule has 2 aliphatic heterocycles. The summed E-state index contributed by atoms with van der Waals surface area (Å²) in [6.07, 6.45) is 65.1. The summed E-state index contributed by atoms with van der Waals surface area (Å²) in [4.78, 5) is 31.3. The van der Waals surface area contributed by atoms with E-state index in [1.807, 2.05) is 24.3 Å². The third kappa shape index (κ3) is 28.2. The van der Waals surface area contributed by atoms with E-state index in [0.717, 1.165) is 108 Å². The fourth-order valence-electron chi connectivity index (χ4n) is 14.1.